The van der Waals surface area contributed by atoms with E-state index in [4.69, 9.17) is 0 Å². The summed E-state index contributed by atoms with van der Waals surface area (Å²) in [6, 6.07) is 4.86. The van der Waals surface area contributed by atoms with Gasteiger partial charge in [0.05, 0.1) is 0 Å². The van der Waals surface area contributed by atoms with Gasteiger partial charge < -0.3 is 0 Å². The number of hydrogen-bond donors (Lipinski definition) is 0. The molecule has 0 fully saturated rings. The van der Waals surface area contributed by atoms with E-state index >= 15 is 0 Å². The van der Waals surface area contributed by atoms with Crippen LogP contribution in [0.1, 0.15) is 19.4 Å². The maximum atomic E-state index is 4.15. The van der Waals surface area contributed by atoms with Crippen LogP contribution in [0.5, 0.6) is 0 Å². The Morgan fingerprint density at radius 3 is 2.77 bits per heavy atom. The lowest BCUT2D eigenvalue weighted by Gasteiger charge is -1.92. The Balaban J connectivity index is 0.000000396. The summed E-state index contributed by atoms with van der Waals surface area (Å²) in [5.41, 5.74) is 1.96. The number of pyridine rings is 1. The lowest BCUT2D eigenvalue weighted by atomic mass is 10.2. The molecule has 0 spiro atoms. The summed E-state index contributed by atoms with van der Waals surface area (Å²) in [4.78, 5) is 7.99. The third kappa shape index (κ3) is 2.16. The molecule has 0 unspecified atom stereocenters. The van der Waals surface area contributed by atoms with E-state index in [9.17, 15) is 0 Å². The molecule has 0 amide bonds. The van der Waals surface area contributed by atoms with Crippen molar-refractivity contribution in [3.05, 3.63) is 36.3 Å². The van der Waals surface area contributed by atoms with Crippen molar-refractivity contribution in [1.29, 1.82) is 0 Å². The van der Waals surface area contributed by atoms with Crippen LogP contribution >= 0.6 is 0 Å². The number of aryl methyl sites for hydroxylation is 1. The van der Waals surface area contributed by atoms with E-state index in [1.807, 2.05) is 33.0 Å². The monoisotopic (exact) mass is 172 g/mol. The fourth-order valence-corrected chi connectivity index (χ4v) is 0.982. The van der Waals surface area contributed by atoms with Crippen LogP contribution in [0, 0.1) is 19.2 Å². The summed E-state index contributed by atoms with van der Waals surface area (Å²) in [5, 5.41) is 1.02. The Labute approximate surface area is 78.7 Å². The lowest BCUT2D eigenvalue weighted by molar-refractivity contribution is 1.30. The molecule has 0 N–H and O–H groups in total. The molecule has 66 valence electrons. The molecule has 0 aromatic carbocycles. The Kier molecular flexibility index (Phi) is 3.22. The topological polar surface area (TPSA) is 25.8 Å². The lowest BCUT2D eigenvalue weighted by Crippen LogP contribution is -1.79. The normalized spacial score (nSPS) is 8.54. The molecule has 0 aliphatic carbocycles. The molecule has 0 atom stereocenters. The Hall–Kier alpha value is -1.62. The van der Waals surface area contributed by atoms with Crippen LogP contribution in [0.4, 0.5) is 0 Å². The van der Waals surface area contributed by atoms with Crippen molar-refractivity contribution in [3.8, 4) is 0 Å². The number of nitrogens with zero attached hydrogens (tertiary/aromatic N) is 2. The van der Waals surface area contributed by atoms with E-state index in [0.717, 1.165) is 16.5 Å². The molecular formula is C11H12N2. The van der Waals surface area contributed by atoms with Gasteiger partial charge in [0.1, 0.15) is 5.52 Å². The average Bonchev–Trinajstić information content (AvgIpc) is 2.21. The second-order valence-corrected chi connectivity index (χ2v) is 2.45. The summed E-state index contributed by atoms with van der Waals surface area (Å²) in [5.74, 6) is 0. The van der Waals surface area contributed by atoms with Crippen LogP contribution in [-0.4, -0.2) is 9.97 Å². The fourth-order valence-electron chi connectivity index (χ4n) is 0.982. The molecule has 2 heteroatoms. The second-order valence-electron chi connectivity index (χ2n) is 2.45. The van der Waals surface area contributed by atoms with Gasteiger partial charge in [0.15, 0.2) is 0 Å². The van der Waals surface area contributed by atoms with Gasteiger partial charge >= 0.3 is 0 Å². The van der Waals surface area contributed by atoms with Gasteiger partial charge in [0.2, 0.25) is 0 Å². The summed E-state index contributed by atoms with van der Waals surface area (Å²) in [6.07, 6.45) is 6.17. The molecule has 2 rings (SSSR count). The average molecular weight is 172 g/mol. The highest BCUT2D eigenvalue weighted by Gasteiger charge is 1.91. The van der Waals surface area contributed by atoms with Crippen molar-refractivity contribution in [3.63, 3.8) is 0 Å². The van der Waals surface area contributed by atoms with Crippen LogP contribution in [0.15, 0.2) is 18.5 Å². The predicted molar refractivity (Wildman–Crippen MR) is 53.3 cm³/mol. The van der Waals surface area contributed by atoms with Gasteiger partial charge in [-0.3, -0.25) is 0 Å². The molecule has 2 heterocycles. The van der Waals surface area contributed by atoms with Gasteiger partial charge in [-0.15, -0.1) is 0 Å². The quantitative estimate of drug-likeness (QED) is 0.610. The number of fused-ring (bicyclic) bond motifs is 1. The van der Waals surface area contributed by atoms with Crippen molar-refractivity contribution >= 4 is 10.9 Å². The first-order valence-electron chi connectivity index (χ1n) is 4.37. The van der Waals surface area contributed by atoms with Crippen LogP contribution in [-0.2, 0) is 0 Å². The molecular weight excluding hydrogens is 160 g/mol. The van der Waals surface area contributed by atoms with Crippen molar-refractivity contribution in [2.45, 2.75) is 20.8 Å². The zero-order valence-corrected chi connectivity index (χ0v) is 8.13. The smallest absolute Gasteiger partial charge is 0.123 e. The van der Waals surface area contributed by atoms with E-state index < -0.39 is 0 Å². The van der Waals surface area contributed by atoms with Gasteiger partial charge in [-0.1, -0.05) is 13.8 Å². The molecule has 0 saturated carbocycles. The van der Waals surface area contributed by atoms with Gasteiger partial charge in [-0.2, -0.15) is 0 Å². The van der Waals surface area contributed by atoms with E-state index in [1.54, 1.807) is 6.20 Å². The SMILES string of the molecule is CC.Cc1cnc2c#cncc2c1. The van der Waals surface area contributed by atoms with Gasteiger partial charge in [-0.25, -0.2) is 9.97 Å². The summed E-state index contributed by atoms with van der Waals surface area (Å²) < 4.78 is 0. The van der Waals surface area contributed by atoms with Crippen molar-refractivity contribution in [1.82, 2.24) is 9.97 Å². The number of rotatable bonds is 0. The Morgan fingerprint density at radius 2 is 2.00 bits per heavy atom. The first-order chi connectivity index (χ1) is 6.36. The first kappa shape index (κ1) is 9.47. The van der Waals surface area contributed by atoms with Crippen molar-refractivity contribution in [2.24, 2.45) is 0 Å². The highest BCUT2D eigenvalue weighted by molar-refractivity contribution is 5.75. The molecule has 2 nitrogen and oxygen atoms in total. The summed E-state index contributed by atoms with van der Waals surface area (Å²) in [7, 11) is 0. The third-order valence-electron chi connectivity index (χ3n) is 1.50. The standard InChI is InChI=1S/C9H6N2.C2H6/c1-7-4-8-6-10-3-2-9(8)11-5-7;1-2/h4-6H,1H3;1-2H3. The van der Waals surface area contributed by atoms with Crippen LogP contribution in [0.2, 0.25) is 0 Å². The van der Waals surface area contributed by atoms with Gasteiger partial charge in [0, 0.05) is 24.0 Å². The minimum atomic E-state index is 0.825. The number of aromatic nitrogens is 2. The Bertz CT molecular complexity index is 383. The highest BCUT2D eigenvalue weighted by Crippen LogP contribution is 2.07. The molecule has 13 heavy (non-hydrogen) atoms. The molecule has 2 aromatic rings. The van der Waals surface area contributed by atoms with Crippen molar-refractivity contribution < 1.29 is 0 Å². The van der Waals surface area contributed by atoms with Gasteiger partial charge in [0.25, 0.3) is 0 Å². The first-order valence-corrected chi connectivity index (χ1v) is 4.37. The fraction of sp³-hybridized carbons (Fsp3) is 0.273. The molecule has 0 radical (unpaired) electrons. The zero-order valence-electron chi connectivity index (χ0n) is 8.13. The van der Waals surface area contributed by atoms with Crippen LogP contribution in [0.25, 0.3) is 10.9 Å². The molecule has 0 aliphatic rings. The summed E-state index contributed by atoms with van der Waals surface area (Å²) >= 11 is 0. The molecule has 2 aromatic heterocycles. The highest BCUT2D eigenvalue weighted by atomic mass is 14.7. The maximum Gasteiger partial charge on any atom is 0.123 e. The van der Waals surface area contributed by atoms with Crippen LogP contribution < -0.4 is 0 Å². The van der Waals surface area contributed by atoms with E-state index in [2.05, 4.69) is 22.2 Å². The maximum absolute atomic E-state index is 4.15. The zero-order chi connectivity index (χ0) is 9.68. The van der Waals surface area contributed by atoms with Crippen molar-refractivity contribution in [2.75, 3.05) is 0 Å². The summed E-state index contributed by atoms with van der Waals surface area (Å²) in [6.45, 7) is 6.00. The van der Waals surface area contributed by atoms with E-state index in [-0.39, 0.29) is 0 Å². The van der Waals surface area contributed by atoms with E-state index in [0.29, 0.717) is 0 Å². The number of hydrogen-bond acceptors (Lipinski definition) is 2. The minimum Gasteiger partial charge on any atom is -0.247 e. The largest absolute Gasteiger partial charge is 0.247 e. The molecule has 0 aliphatic heterocycles. The third-order valence-corrected chi connectivity index (χ3v) is 1.50. The molecule has 0 saturated heterocycles. The van der Waals surface area contributed by atoms with Gasteiger partial charge in [-0.05, 0) is 24.6 Å². The van der Waals surface area contributed by atoms with E-state index in [1.165, 1.54) is 0 Å². The van der Waals surface area contributed by atoms with Crippen LogP contribution in [0.3, 0.4) is 0 Å². The predicted octanol–water partition coefficient (Wildman–Crippen LogP) is 2.56. The minimum absolute atomic E-state index is 0.825. The Morgan fingerprint density at radius 1 is 1.23 bits per heavy atom. The molecule has 0 bridgehead atoms. The second kappa shape index (κ2) is 4.42.